The van der Waals surface area contributed by atoms with E-state index in [4.69, 9.17) is 0 Å². The van der Waals surface area contributed by atoms with E-state index in [1.807, 2.05) is 37.3 Å². The van der Waals surface area contributed by atoms with E-state index < -0.39 is 10.0 Å². The smallest absolute Gasteiger partial charge is 0.263 e. The predicted octanol–water partition coefficient (Wildman–Crippen LogP) is 3.83. The van der Waals surface area contributed by atoms with E-state index in [1.54, 1.807) is 37.4 Å². The molecular weight excluding hydrogens is 322 g/mol. The molecule has 0 saturated heterocycles. The van der Waals surface area contributed by atoms with Gasteiger partial charge in [-0.2, -0.15) is 5.10 Å². The molecule has 5 nitrogen and oxygen atoms in total. The van der Waals surface area contributed by atoms with E-state index in [-0.39, 0.29) is 12.3 Å². The maximum absolute atomic E-state index is 12.5. The van der Waals surface area contributed by atoms with Crippen LogP contribution in [-0.4, -0.2) is 18.2 Å². The topological polar surface area (TPSA) is 64.0 Å². The highest BCUT2D eigenvalue weighted by Crippen LogP contribution is 2.23. The van der Waals surface area contributed by atoms with Gasteiger partial charge < -0.3 is 0 Å². The van der Waals surface area contributed by atoms with Crippen LogP contribution < -0.4 is 4.72 Å². The molecule has 1 N–H and O–H groups in total. The normalized spacial score (nSPS) is 10.9. The van der Waals surface area contributed by atoms with Crippen molar-refractivity contribution in [3.8, 4) is 11.3 Å². The van der Waals surface area contributed by atoms with Crippen molar-refractivity contribution in [3.05, 3.63) is 66.2 Å². The lowest BCUT2D eigenvalue weighted by molar-refractivity contribution is 0.600. The SMILES string of the molecule is C.Cc1ccc(S(=O)(=O)Nc2cc(-c3ccccc3)nn2C)cc1. The van der Waals surface area contributed by atoms with Crippen molar-refractivity contribution in [2.24, 2.45) is 7.05 Å². The summed E-state index contributed by atoms with van der Waals surface area (Å²) in [6, 6.07) is 18.1. The number of hydrogen-bond acceptors (Lipinski definition) is 3. The van der Waals surface area contributed by atoms with Gasteiger partial charge in [0, 0.05) is 18.7 Å². The predicted molar refractivity (Wildman–Crippen MR) is 97.4 cm³/mol. The van der Waals surface area contributed by atoms with Gasteiger partial charge in [0.2, 0.25) is 0 Å². The van der Waals surface area contributed by atoms with Gasteiger partial charge in [-0.05, 0) is 19.1 Å². The molecule has 3 rings (SSSR count). The van der Waals surface area contributed by atoms with Crippen LogP contribution >= 0.6 is 0 Å². The zero-order valence-electron chi connectivity index (χ0n) is 12.9. The molecule has 0 fully saturated rings. The minimum Gasteiger partial charge on any atom is -0.264 e. The Hall–Kier alpha value is -2.60. The van der Waals surface area contributed by atoms with E-state index >= 15 is 0 Å². The van der Waals surface area contributed by atoms with Crippen molar-refractivity contribution in [1.29, 1.82) is 0 Å². The van der Waals surface area contributed by atoms with Gasteiger partial charge in [0.15, 0.2) is 0 Å². The third kappa shape index (κ3) is 3.65. The largest absolute Gasteiger partial charge is 0.264 e. The van der Waals surface area contributed by atoms with E-state index in [2.05, 4.69) is 9.82 Å². The molecule has 0 spiro atoms. The van der Waals surface area contributed by atoms with Gasteiger partial charge in [0.25, 0.3) is 10.0 Å². The molecule has 0 atom stereocenters. The van der Waals surface area contributed by atoms with Crippen molar-refractivity contribution in [3.63, 3.8) is 0 Å². The van der Waals surface area contributed by atoms with Crippen LogP contribution in [0.5, 0.6) is 0 Å². The lowest BCUT2D eigenvalue weighted by Crippen LogP contribution is -2.15. The summed E-state index contributed by atoms with van der Waals surface area (Å²) in [6.07, 6.45) is 0. The number of aryl methyl sites for hydroxylation is 2. The Bertz CT molecular complexity index is 915. The van der Waals surface area contributed by atoms with E-state index in [9.17, 15) is 8.42 Å². The van der Waals surface area contributed by atoms with Crippen LogP contribution in [0, 0.1) is 6.92 Å². The lowest BCUT2D eigenvalue weighted by atomic mass is 10.2. The molecule has 0 amide bonds. The number of nitrogens with zero attached hydrogens (tertiary/aromatic N) is 2. The molecular formula is C18H21N3O2S. The number of hydrogen-bond donors (Lipinski definition) is 1. The van der Waals surface area contributed by atoms with Crippen molar-refractivity contribution in [2.75, 3.05) is 4.72 Å². The Labute approximate surface area is 143 Å². The summed E-state index contributed by atoms with van der Waals surface area (Å²) in [5.41, 5.74) is 2.66. The zero-order chi connectivity index (χ0) is 16.4. The van der Waals surface area contributed by atoms with Gasteiger partial charge in [-0.25, -0.2) is 8.42 Å². The molecule has 0 aliphatic carbocycles. The fraction of sp³-hybridized carbons (Fsp3) is 0.167. The molecule has 3 aromatic rings. The molecule has 126 valence electrons. The Morgan fingerprint density at radius 1 is 1.00 bits per heavy atom. The number of nitrogens with one attached hydrogen (secondary N) is 1. The standard InChI is InChI=1S/C17H17N3O2S.CH4/c1-13-8-10-15(11-9-13)23(21,22)19-17-12-16(18-20(17)2)14-6-4-3-5-7-14;/h3-12,19H,1-2H3;1H4. The molecule has 0 saturated carbocycles. The van der Waals surface area contributed by atoms with Gasteiger partial charge in [-0.15, -0.1) is 0 Å². The first-order chi connectivity index (χ1) is 11.0. The summed E-state index contributed by atoms with van der Waals surface area (Å²) in [5.74, 6) is 0.421. The van der Waals surface area contributed by atoms with Crippen LogP contribution in [0.2, 0.25) is 0 Å². The van der Waals surface area contributed by atoms with Crippen molar-refractivity contribution in [1.82, 2.24) is 9.78 Å². The molecule has 6 heteroatoms. The molecule has 24 heavy (non-hydrogen) atoms. The Morgan fingerprint density at radius 3 is 2.25 bits per heavy atom. The molecule has 1 aromatic heterocycles. The molecule has 0 bridgehead atoms. The summed E-state index contributed by atoms with van der Waals surface area (Å²) in [5, 5.41) is 4.36. The van der Waals surface area contributed by atoms with Gasteiger partial charge >= 0.3 is 0 Å². The monoisotopic (exact) mass is 343 g/mol. The lowest BCUT2D eigenvalue weighted by Gasteiger charge is -2.07. The zero-order valence-corrected chi connectivity index (χ0v) is 13.7. The average molecular weight is 343 g/mol. The first kappa shape index (κ1) is 17.7. The minimum atomic E-state index is -3.63. The van der Waals surface area contributed by atoms with Crippen molar-refractivity contribution >= 4 is 15.8 Å². The van der Waals surface area contributed by atoms with Gasteiger partial charge in [-0.1, -0.05) is 55.5 Å². The van der Waals surface area contributed by atoms with Gasteiger partial charge in [0.05, 0.1) is 10.6 Å². The third-order valence-corrected chi connectivity index (χ3v) is 4.89. The van der Waals surface area contributed by atoms with Crippen LogP contribution in [0.3, 0.4) is 0 Å². The number of sulfonamides is 1. The highest BCUT2D eigenvalue weighted by atomic mass is 32.2. The van der Waals surface area contributed by atoms with E-state index in [0.29, 0.717) is 5.82 Å². The third-order valence-electron chi connectivity index (χ3n) is 3.52. The van der Waals surface area contributed by atoms with E-state index in [1.165, 1.54) is 4.68 Å². The molecule has 0 unspecified atom stereocenters. The summed E-state index contributed by atoms with van der Waals surface area (Å²) < 4.78 is 29.0. The summed E-state index contributed by atoms with van der Waals surface area (Å²) >= 11 is 0. The number of benzene rings is 2. The number of anilines is 1. The molecule has 0 radical (unpaired) electrons. The maximum Gasteiger partial charge on any atom is 0.263 e. The number of aromatic nitrogens is 2. The van der Waals surface area contributed by atoms with Gasteiger partial charge in [0.1, 0.15) is 5.82 Å². The summed E-state index contributed by atoms with van der Waals surface area (Å²) in [6.45, 7) is 1.91. The van der Waals surface area contributed by atoms with Crippen molar-refractivity contribution < 1.29 is 8.42 Å². The molecule has 2 aromatic carbocycles. The van der Waals surface area contributed by atoms with Crippen LogP contribution in [0.25, 0.3) is 11.3 Å². The van der Waals surface area contributed by atoms with Crippen LogP contribution in [-0.2, 0) is 17.1 Å². The highest BCUT2D eigenvalue weighted by molar-refractivity contribution is 7.92. The molecule has 1 heterocycles. The van der Waals surface area contributed by atoms with Gasteiger partial charge in [-0.3, -0.25) is 9.40 Å². The minimum absolute atomic E-state index is 0. The Morgan fingerprint density at radius 2 is 1.62 bits per heavy atom. The van der Waals surface area contributed by atoms with Crippen LogP contribution in [0.15, 0.2) is 65.6 Å². The quantitative estimate of drug-likeness (QED) is 0.783. The summed E-state index contributed by atoms with van der Waals surface area (Å²) in [4.78, 5) is 0.227. The molecule has 0 aliphatic rings. The first-order valence-corrected chi connectivity index (χ1v) is 8.63. The second-order valence-corrected chi connectivity index (χ2v) is 7.01. The average Bonchev–Trinajstić information content (AvgIpc) is 2.89. The summed E-state index contributed by atoms with van der Waals surface area (Å²) in [7, 11) is -1.92. The fourth-order valence-corrected chi connectivity index (χ4v) is 3.31. The van der Waals surface area contributed by atoms with Crippen LogP contribution in [0.1, 0.15) is 13.0 Å². The number of rotatable bonds is 4. The van der Waals surface area contributed by atoms with Crippen molar-refractivity contribution in [2.45, 2.75) is 19.2 Å². The second kappa shape index (κ2) is 6.88. The maximum atomic E-state index is 12.5. The first-order valence-electron chi connectivity index (χ1n) is 7.15. The Balaban J connectivity index is 0.00000208. The molecule has 0 aliphatic heterocycles. The fourth-order valence-electron chi connectivity index (χ4n) is 2.23. The Kier molecular flexibility index (Phi) is 5.09. The van der Waals surface area contributed by atoms with Crippen LogP contribution in [0.4, 0.5) is 5.82 Å². The van der Waals surface area contributed by atoms with E-state index in [0.717, 1.165) is 16.8 Å². The highest BCUT2D eigenvalue weighted by Gasteiger charge is 2.17. The second-order valence-electron chi connectivity index (χ2n) is 5.32.